The second-order valence-electron chi connectivity index (χ2n) is 4.60. The molecule has 1 aliphatic rings. The number of carbonyl (C=O) groups excluding carboxylic acids is 1. The zero-order valence-electron chi connectivity index (χ0n) is 9.90. The Bertz CT molecular complexity index is 268. The number of carbonyl (C=O) groups is 2. The van der Waals surface area contributed by atoms with Crippen LogP contribution in [0.1, 0.15) is 26.2 Å². The molecule has 1 saturated heterocycles. The summed E-state index contributed by atoms with van der Waals surface area (Å²) in [6.45, 7) is 3.49. The van der Waals surface area contributed by atoms with Crippen LogP contribution in [0.5, 0.6) is 0 Å². The van der Waals surface area contributed by atoms with E-state index in [2.05, 4.69) is 10.2 Å². The Hall–Kier alpha value is -1.10. The van der Waals surface area contributed by atoms with Gasteiger partial charge >= 0.3 is 5.97 Å². The third-order valence-corrected chi connectivity index (χ3v) is 2.94. The summed E-state index contributed by atoms with van der Waals surface area (Å²) in [7, 11) is 2.05. The predicted octanol–water partition coefficient (Wildman–Crippen LogP) is 0.308. The van der Waals surface area contributed by atoms with E-state index >= 15 is 0 Å². The lowest BCUT2D eigenvalue weighted by molar-refractivity contribution is -0.141. The molecule has 0 aromatic rings. The van der Waals surface area contributed by atoms with Crippen molar-refractivity contribution in [1.82, 2.24) is 10.2 Å². The van der Waals surface area contributed by atoms with Crippen LogP contribution in [-0.4, -0.2) is 48.1 Å². The summed E-state index contributed by atoms with van der Waals surface area (Å²) < 4.78 is 0. The Morgan fingerprint density at radius 2 is 2.25 bits per heavy atom. The maximum Gasteiger partial charge on any atom is 0.325 e. The molecular weight excluding hydrogens is 208 g/mol. The minimum absolute atomic E-state index is 0.157. The average Bonchev–Trinajstić information content (AvgIpc) is 2.16. The molecule has 16 heavy (non-hydrogen) atoms. The van der Waals surface area contributed by atoms with Gasteiger partial charge in [-0.05, 0) is 39.3 Å². The van der Waals surface area contributed by atoms with E-state index in [9.17, 15) is 9.59 Å². The molecular formula is C11H20N2O3. The maximum absolute atomic E-state index is 11.5. The highest BCUT2D eigenvalue weighted by atomic mass is 16.4. The first-order valence-electron chi connectivity index (χ1n) is 5.69. The third-order valence-electron chi connectivity index (χ3n) is 2.94. The number of carboxylic acid groups (broad SMARTS) is 1. The van der Waals surface area contributed by atoms with Crippen molar-refractivity contribution < 1.29 is 14.7 Å². The molecule has 1 heterocycles. The summed E-state index contributed by atoms with van der Waals surface area (Å²) in [4.78, 5) is 24.3. The molecule has 0 bridgehead atoms. The van der Waals surface area contributed by atoms with Gasteiger partial charge in [-0.1, -0.05) is 0 Å². The molecule has 0 radical (unpaired) electrons. The molecule has 0 aromatic carbocycles. The largest absolute Gasteiger partial charge is 0.480 e. The smallest absolute Gasteiger partial charge is 0.325 e. The van der Waals surface area contributed by atoms with Gasteiger partial charge < -0.3 is 15.3 Å². The van der Waals surface area contributed by atoms with Crippen LogP contribution in [0, 0.1) is 5.92 Å². The quantitative estimate of drug-likeness (QED) is 0.726. The van der Waals surface area contributed by atoms with Crippen LogP contribution in [0.2, 0.25) is 0 Å². The fraction of sp³-hybridized carbons (Fsp3) is 0.818. The zero-order valence-corrected chi connectivity index (χ0v) is 9.90. The Morgan fingerprint density at radius 3 is 2.81 bits per heavy atom. The van der Waals surface area contributed by atoms with Gasteiger partial charge in [0.1, 0.15) is 6.04 Å². The number of carboxylic acids is 1. The highest BCUT2D eigenvalue weighted by Gasteiger charge is 2.21. The number of hydrogen-bond donors (Lipinski definition) is 2. The molecule has 2 atom stereocenters. The number of nitrogens with one attached hydrogen (secondary N) is 1. The lowest BCUT2D eigenvalue weighted by Crippen LogP contribution is -2.41. The molecule has 1 unspecified atom stereocenters. The van der Waals surface area contributed by atoms with E-state index in [1.807, 2.05) is 7.05 Å². The number of hydrogen-bond acceptors (Lipinski definition) is 3. The van der Waals surface area contributed by atoms with Gasteiger partial charge in [0.2, 0.25) is 5.91 Å². The number of piperidine rings is 1. The van der Waals surface area contributed by atoms with E-state index in [0.29, 0.717) is 12.3 Å². The van der Waals surface area contributed by atoms with Gasteiger partial charge in [-0.3, -0.25) is 9.59 Å². The first-order chi connectivity index (χ1) is 7.49. The number of likely N-dealkylation sites (tertiary alicyclic amines) is 1. The van der Waals surface area contributed by atoms with Crippen molar-refractivity contribution in [3.63, 3.8) is 0 Å². The summed E-state index contributed by atoms with van der Waals surface area (Å²) in [6.07, 6.45) is 2.60. The number of rotatable bonds is 4. The Labute approximate surface area is 95.8 Å². The normalized spacial score (nSPS) is 23.8. The molecule has 2 N–H and O–H groups in total. The van der Waals surface area contributed by atoms with Crippen LogP contribution in [-0.2, 0) is 9.59 Å². The van der Waals surface area contributed by atoms with Crippen LogP contribution in [0.3, 0.4) is 0 Å². The molecule has 5 heteroatoms. The van der Waals surface area contributed by atoms with Gasteiger partial charge in [-0.25, -0.2) is 0 Å². The number of nitrogens with zero attached hydrogens (tertiary/aromatic N) is 1. The van der Waals surface area contributed by atoms with Gasteiger partial charge in [0.25, 0.3) is 0 Å². The highest BCUT2D eigenvalue weighted by Crippen LogP contribution is 2.18. The van der Waals surface area contributed by atoms with Crippen LogP contribution < -0.4 is 5.32 Å². The van der Waals surface area contributed by atoms with Gasteiger partial charge in [-0.2, -0.15) is 0 Å². The number of amides is 1. The first kappa shape index (κ1) is 13.0. The van der Waals surface area contributed by atoms with E-state index < -0.39 is 12.0 Å². The van der Waals surface area contributed by atoms with Crippen LogP contribution in [0.4, 0.5) is 0 Å². The SMILES string of the molecule is C[C@H](NC(=O)CC1CCCN(C)C1)C(=O)O. The molecule has 1 rings (SSSR count). The summed E-state index contributed by atoms with van der Waals surface area (Å²) in [6, 6.07) is -0.797. The maximum atomic E-state index is 11.5. The molecule has 0 spiro atoms. The van der Waals surface area contributed by atoms with Gasteiger partial charge in [-0.15, -0.1) is 0 Å². The van der Waals surface area contributed by atoms with Crippen molar-refractivity contribution in [2.24, 2.45) is 5.92 Å². The molecule has 0 aromatic heterocycles. The van der Waals surface area contributed by atoms with E-state index in [1.54, 1.807) is 0 Å². The minimum Gasteiger partial charge on any atom is -0.480 e. The van der Waals surface area contributed by atoms with E-state index in [1.165, 1.54) is 6.92 Å². The topological polar surface area (TPSA) is 69.6 Å². The van der Waals surface area contributed by atoms with Crippen molar-refractivity contribution in [2.45, 2.75) is 32.2 Å². The monoisotopic (exact) mass is 228 g/mol. The molecule has 1 amide bonds. The Balaban J connectivity index is 2.30. The Kier molecular flexibility index (Phi) is 4.73. The molecule has 5 nitrogen and oxygen atoms in total. The van der Waals surface area contributed by atoms with E-state index in [-0.39, 0.29) is 5.91 Å². The Morgan fingerprint density at radius 1 is 1.56 bits per heavy atom. The van der Waals surface area contributed by atoms with Gasteiger partial charge in [0.05, 0.1) is 0 Å². The summed E-state index contributed by atoms with van der Waals surface area (Å²) in [5, 5.41) is 11.1. The average molecular weight is 228 g/mol. The van der Waals surface area contributed by atoms with Crippen molar-refractivity contribution in [3.05, 3.63) is 0 Å². The van der Waals surface area contributed by atoms with Crippen molar-refractivity contribution in [2.75, 3.05) is 20.1 Å². The van der Waals surface area contributed by atoms with E-state index in [4.69, 9.17) is 5.11 Å². The number of aliphatic carboxylic acids is 1. The summed E-state index contributed by atoms with van der Waals surface area (Å²) in [5.41, 5.74) is 0. The van der Waals surface area contributed by atoms with Crippen LogP contribution >= 0.6 is 0 Å². The van der Waals surface area contributed by atoms with Crippen LogP contribution in [0.25, 0.3) is 0 Å². The van der Waals surface area contributed by atoms with Gasteiger partial charge in [0.15, 0.2) is 0 Å². The minimum atomic E-state index is -0.992. The summed E-state index contributed by atoms with van der Waals surface area (Å²) in [5.74, 6) is -0.788. The predicted molar refractivity (Wildman–Crippen MR) is 60.1 cm³/mol. The lowest BCUT2D eigenvalue weighted by Gasteiger charge is -2.29. The molecule has 0 aliphatic carbocycles. The molecule has 0 saturated carbocycles. The fourth-order valence-electron chi connectivity index (χ4n) is 2.06. The third kappa shape index (κ3) is 4.18. The first-order valence-corrected chi connectivity index (χ1v) is 5.69. The highest BCUT2D eigenvalue weighted by molar-refractivity contribution is 5.83. The fourth-order valence-corrected chi connectivity index (χ4v) is 2.06. The zero-order chi connectivity index (χ0) is 12.1. The molecule has 1 aliphatic heterocycles. The van der Waals surface area contributed by atoms with Crippen molar-refractivity contribution >= 4 is 11.9 Å². The lowest BCUT2D eigenvalue weighted by atomic mass is 9.95. The van der Waals surface area contributed by atoms with E-state index in [0.717, 1.165) is 25.9 Å². The molecule has 92 valence electrons. The summed E-state index contributed by atoms with van der Waals surface area (Å²) >= 11 is 0. The van der Waals surface area contributed by atoms with Crippen molar-refractivity contribution in [3.8, 4) is 0 Å². The van der Waals surface area contributed by atoms with Crippen LogP contribution in [0.15, 0.2) is 0 Å². The second-order valence-corrected chi connectivity index (χ2v) is 4.60. The second kappa shape index (κ2) is 5.84. The molecule has 1 fully saturated rings. The standard InChI is InChI=1S/C11H20N2O3/c1-8(11(15)16)12-10(14)6-9-4-3-5-13(2)7-9/h8-9H,3-7H2,1-2H3,(H,12,14)(H,15,16)/t8-,9?/m0/s1. The van der Waals surface area contributed by atoms with Gasteiger partial charge in [0, 0.05) is 13.0 Å². The van der Waals surface area contributed by atoms with Crippen molar-refractivity contribution in [1.29, 1.82) is 0 Å².